The van der Waals surface area contributed by atoms with Crippen LogP contribution in [0.1, 0.15) is 24.8 Å². The topological polar surface area (TPSA) is 38.3 Å². The molecule has 0 bridgehead atoms. The van der Waals surface area contributed by atoms with Gasteiger partial charge in [0.2, 0.25) is 0 Å². The minimum absolute atomic E-state index is 0.558. The molecule has 4 rings (SSSR count). The van der Waals surface area contributed by atoms with Crippen LogP contribution in [-0.2, 0) is 6.42 Å². The molecule has 1 atom stereocenters. The number of hydrogen-bond acceptors (Lipinski definition) is 3. The normalized spacial score (nSPS) is 20.3. The molecule has 2 aromatic heterocycles. The molecule has 1 fully saturated rings. The second-order valence-corrected chi connectivity index (χ2v) is 5.38. The van der Waals surface area contributed by atoms with E-state index in [9.17, 15) is 0 Å². The molecule has 1 aromatic carbocycles. The molecule has 0 saturated carbocycles. The smallest absolute Gasteiger partial charge is 0.137 e. The number of piperidine rings is 1. The van der Waals surface area contributed by atoms with Gasteiger partial charge < -0.3 is 14.2 Å². The van der Waals surface area contributed by atoms with Gasteiger partial charge in [0.05, 0.1) is 12.5 Å². The largest absolute Gasteiger partial charge is 0.464 e. The molecule has 0 spiro atoms. The van der Waals surface area contributed by atoms with Gasteiger partial charge in [-0.25, -0.2) is 0 Å². The van der Waals surface area contributed by atoms with E-state index in [-0.39, 0.29) is 0 Å². The first-order valence-electron chi connectivity index (χ1n) is 7.01. The summed E-state index contributed by atoms with van der Waals surface area (Å²) in [4.78, 5) is 0. The van der Waals surface area contributed by atoms with Crippen LogP contribution < -0.4 is 5.32 Å². The van der Waals surface area contributed by atoms with Gasteiger partial charge >= 0.3 is 0 Å². The van der Waals surface area contributed by atoms with E-state index in [2.05, 4.69) is 17.4 Å². The van der Waals surface area contributed by atoms with Gasteiger partial charge in [0, 0.05) is 22.4 Å². The molecule has 98 valence electrons. The molecule has 1 N–H and O–H groups in total. The number of rotatable bonds is 2. The molecule has 0 aliphatic carbocycles. The minimum atomic E-state index is 0.558. The van der Waals surface area contributed by atoms with Gasteiger partial charge in [-0.1, -0.05) is 6.42 Å². The summed E-state index contributed by atoms with van der Waals surface area (Å²) in [6.45, 7) is 1.13. The van der Waals surface area contributed by atoms with E-state index in [0.717, 1.165) is 29.5 Å². The Morgan fingerprint density at radius 3 is 3.00 bits per heavy atom. The number of fused-ring (bicyclic) bond motifs is 2. The van der Waals surface area contributed by atoms with Gasteiger partial charge in [-0.05, 0) is 44.0 Å². The van der Waals surface area contributed by atoms with Crippen LogP contribution in [0.2, 0.25) is 0 Å². The Hall–Kier alpha value is -1.74. The molecule has 0 amide bonds. The predicted molar refractivity (Wildman–Crippen MR) is 75.3 cm³/mol. The fourth-order valence-corrected chi connectivity index (χ4v) is 3.17. The summed E-state index contributed by atoms with van der Waals surface area (Å²) in [5.41, 5.74) is 3.26. The van der Waals surface area contributed by atoms with Crippen molar-refractivity contribution in [2.24, 2.45) is 0 Å². The summed E-state index contributed by atoms with van der Waals surface area (Å²) in [7, 11) is 0. The lowest BCUT2D eigenvalue weighted by atomic mass is 9.95. The molecule has 3 heterocycles. The van der Waals surface area contributed by atoms with Crippen LogP contribution in [0.5, 0.6) is 0 Å². The Bertz CT molecular complexity index is 655. The molecule has 1 unspecified atom stereocenters. The monoisotopic (exact) mass is 255 g/mol. The molecule has 19 heavy (non-hydrogen) atoms. The van der Waals surface area contributed by atoms with Crippen LogP contribution in [-0.4, -0.2) is 12.6 Å². The number of nitrogens with one attached hydrogen (secondary N) is 1. The lowest BCUT2D eigenvalue weighted by Crippen LogP contribution is -2.35. The third-order valence-corrected chi connectivity index (χ3v) is 4.14. The molecule has 1 saturated heterocycles. The lowest BCUT2D eigenvalue weighted by Gasteiger charge is -2.23. The number of hydrogen-bond donors (Lipinski definition) is 1. The molecule has 0 radical (unpaired) electrons. The Balaban J connectivity index is 1.83. The van der Waals surface area contributed by atoms with E-state index >= 15 is 0 Å². The highest BCUT2D eigenvalue weighted by Gasteiger charge is 2.18. The van der Waals surface area contributed by atoms with Crippen LogP contribution in [0.3, 0.4) is 0 Å². The number of furan rings is 2. The highest BCUT2D eigenvalue weighted by atomic mass is 16.3. The van der Waals surface area contributed by atoms with Crippen molar-refractivity contribution < 1.29 is 8.83 Å². The van der Waals surface area contributed by atoms with E-state index in [1.165, 1.54) is 30.2 Å². The van der Waals surface area contributed by atoms with Crippen LogP contribution in [0, 0.1) is 0 Å². The van der Waals surface area contributed by atoms with E-state index < -0.39 is 0 Å². The second-order valence-electron chi connectivity index (χ2n) is 5.38. The molecule has 3 heteroatoms. The number of benzene rings is 1. The fraction of sp³-hybridized carbons (Fsp3) is 0.375. The Morgan fingerprint density at radius 2 is 2.11 bits per heavy atom. The van der Waals surface area contributed by atoms with Crippen molar-refractivity contribution in [3.05, 3.63) is 36.3 Å². The Kier molecular flexibility index (Phi) is 2.59. The summed E-state index contributed by atoms with van der Waals surface area (Å²) in [5, 5.41) is 5.93. The van der Waals surface area contributed by atoms with Gasteiger partial charge in [-0.2, -0.15) is 0 Å². The van der Waals surface area contributed by atoms with E-state index in [1.807, 2.05) is 6.07 Å². The molecular weight excluding hydrogens is 238 g/mol. The van der Waals surface area contributed by atoms with Crippen LogP contribution >= 0.6 is 0 Å². The maximum Gasteiger partial charge on any atom is 0.137 e. The predicted octanol–water partition coefficient (Wildman–Crippen LogP) is 3.86. The van der Waals surface area contributed by atoms with E-state index in [1.54, 1.807) is 12.5 Å². The average molecular weight is 255 g/mol. The Labute approximate surface area is 111 Å². The maximum atomic E-state index is 5.70. The summed E-state index contributed by atoms with van der Waals surface area (Å²) in [5.74, 6) is 0. The van der Waals surface area contributed by atoms with Crippen molar-refractivity contribution in [1.82, 2.24) is 5.32 Å². The first kappa shape index (κ1) is 11.1. The highest BCUT2D eigenvalue weighted by Crippen LogP contribution is 2.31. The minimum Gasteiger partial charge on any atom is -0.464 e. The summed E-state index contributed by atoms with van der Waals surface area (Å²) < 4.78 is 11.3. The fourth-order valence-electron chi connectivity index (χ4n) is 3.17. The van der Waals surface area contributed by atoms with Gasteiger partial charge in [0.15, 0.2) is 0 Å². The van der Waals surface area contributed by atoms with Crippen molar-refractivity contribution >= 4 is 21.9 Å². The molecule has 1 aliphatic rings. The zero-order chi connectivity index (χ0) is 12.7. The maximum absolute atomic E-state index is 5.70. The van der Waals surface area contributed by atoms with Gasteiger partial charge in [0.25, 0.3) is 0 Å². The van der Waals surface area contributed by atoms with E-state index in [0.29, 0.717) is 6.04 Å². The van der Waals surface area contributed by atoms with Gasteiger partial charge in [-0.3, -0.25) is 0 Å². The molecule has 3 aromatic rings. The quantitative estimate of drug-likeness (QED) is 0.755. The molecule has 3 nitrogen and oxygen atoms in total. The zero-order valence-electron chi connectivity index (χ0n) is 10.8. The van der Waals surface area contributed by atoms with E-state index in [4.69, 9.17) is 8.83 Å². The third-order valence-electron chi connectivity index (χ3n) is 4.14. The highest BCUT2D eigenvalue weighted by molar-refractivity contribution is 5.97. The van der Waals surface area contributed by atoms with Crippen LogP contribution in [0.15, 0.2) is 39.6 Å². The van der Waals surface area contributed by atoms with Crippen molar-refractivity contribution in [2.45, 2.75) is 31.7 Å². The second kappa shape index (κ2) is 4.42. The zero-order valence-corrected chi connectivity index (χ0v) is 10.8. The third kappa shape index (κ3) is 1.85. The summed E-state index contributed by atoms with van der Waals surface area (Å²) >= 11 is 0. The van der Waals surface area contributed by atoms with Crippen molar-refractivity contribution in [3.8, 4) is 0 Å². The van der Waals surface area contributed by atoms with Crippen molar-refractivity contribution in [1.29, 1.82) is 0 Å². The lowest BCUT2D eigenvalue weighted by molar-refractivity contribution is 0.399. The SMILES string of the molecule is c1cc2c(CC3CCCCN3)c3occc3cc2o1. The first-order chi connectivity index (χ1) is 9.42. The van der Waals surface area contributed by atoms with Crippen LogP contribution in [0.25, 0.3) is 21.9 Å². The van der Waals surface area contributed by atoms with Crippen LogP contribution in [0.4, 0.5) is 0 Å². The van der Waals surface area contributed by atoms with Crippen molar-refractivity contribution in [3.63, 3.8) is 0 Å². The summed E-state index contributed by atoms with van der Waals surface area (Å²) in [6, 6.07) is 6.68. The van der Waals surface area contributed by atoms with Gasteiger partial charge in [0.1, 0.15) is 11.2 Å². The Morgan fingerprint density at radius 1 is 1.16 bits per heavy atom. The molecule has 1 aliphatic heterocycles. The first-order valence-corrected chi connectivity index (χ1v) is 7.01. The average Bonchev–Trinajstić information content (AvgIpc) is 3.08. The summed E-state index contributed by atoms with van der Waals surface area (Å²) in [6.07, 6.45) is 8.41. The van der Waals surface area contributed by atoms with Crippen molar-refractivity contribution in [2.75, 3.05) is 6.54 Å². The van der Waals surface area contributed by atoms with Gasteiger partial charge in [-0.15, -0.1) is 0 Å². The molecular formula is C16H17NO2. The standard InChI is InChI=1S/C16H17NO2/c1-2-6-17-12(3-1)10-14-13-5-8-18-15(13)9-11-4-7-19-16(11)14/h4-5,7-9,12,17H,1-3,6,10H2.